The molecule has 0 spiro atoms. The summed E-state index contributed by atoms with van der Waals surface area (Å²) in [6.07, 6.45) is 4.79. The van der Waals surface area contributed by atoms with E-state index in [9.17, 15) is 4.79 Å². The normalized spacial score (nSPS) is 11.8. The van der Waals surface area contributed by atoms with Crippen molar-refractivity contribution in [2.45, 2.75) is 19.8 Å². The van der Waals surface area contributed by atoms with Crippen LogP contribution in [0.4, 0.5) is 0 Å². The van der Waals surface area contributed by atoms with Crippen molar-refractivity contribution in [1.29, 1.82) is 0 Å². The summed E-state index contributed by atoms with van der Waals surface area (Å²) in [5.74, 6) is 0.356. The Kier molecular flexibility index (Phi) is 2.59. The maximum atomic E-state index is 12.7. The molecule has 22 heavy (non-hydrogen) atoms. The summed E-state index contributed by atoms with van der Waals surface area (Å²) in [6, 6.07) is 3.73. The van der Waals surface area contributed by atoms with Crippen LogP contribution in [-0.2, 0) is 0 Å². The summed E-state index contributed by atoms with van der Waals surface area (Å²) in [7, 11) is 0. The lowest BCUT2D eigenvalue weighted by atomic mass is 9.99. The lowest BCUT2D eigenvalue weighted by molar-refractivity contribution is 0.797. The van der Waals surface area contributed by atoms with E-state index >= 15 is 0 Å². The van der Waals surface area contributed by atoms with Crippen LogP contribution in [0.25, 0.3) is 22.6 Å². The van der Waals surface area contributed by atoms with Crippen molar-refractivity contribution >= 4 is 11.3 Å². The van der Waals surface area contributed by atoms with Crippen LogP contribution in [-0.4, -0.2) is 34.4 Å². The molecular formula is C14H13N7O. The molecule has 4 heterocycles. The highest BCUT2D eigenvalue weighted by molar-refractivity contribution is 5.79. The molecule has 0 atom stereocenters. The van der Waals surface area contributed by atoms with Gasteiger partial charge in [-0.1, -0.05) is 13.8 Å². The zero-order chi connectivity index (χ0) is 15.3. The van der Waals surface area contributed by atoms with Gasteiger partial charge in [0, 0.05) is 17.3 Å². The number of H-pyrrole nitrogens is 1. The second kappa shape index (κ2) is 4.48. The number of hydrogen-bond acceptors (Lipinski definition) is 5. The van der Waals surface area contributed by atoms with Gasteiger partial charge in [-0.25, -0.2) is 9.97 Å². The van der Waals surface area contributed by atoms with E-state index in [-0.39, 0.29) is 11.5 Å². The molecule has 0 unspecified atom stereocenters. The van der Waals surface area contributed by atoms with Gasteiger partial charge in [0.05, 0.1) is 17.4 Å². The predicted molar refractivity (Wildman–Crippen MR) is 79.7 cm³/mol. The van der Waals surface area contributed by atoms with E-state index in [2.05, 4.69) is 25.3 Å². The number of fused-ring (bicyclic) bond motifs is 2. The molecule has 4 aromatic heterocycles. The first-order chi connectivity index (χ1) is 10.7. The smallest absolute Gasteiger partial charge is 0.278 e. The van der Waals surface area contributed by atoms with Crippen LogP contribution in [0, 0.1) is 0 Å². The molecule has 8 heteroatoms. The standard InChI is InChI=1S/C14H13N7O/c1-8(2)11-12(19-14-15-7-18-20(14)13(11)22)9-6-17-21-10(9)4-3-5-16-21/h3-8H,1-2H3,(H,15,18,19). The molecule has 1 N–H and O–H groups in total. The van der Waals surface area contributed by atoms with Gasteiger partial charge in [-0.05, 0) is 18.1 Å². The van der Waals surface area contributed by atoms with Gasteiger partial charge in [0.2, 0.25) is 0 Å². The van der Waals surface area contributed by atoms with Gasteiger partial charge in [-0.15, -0.1) is 0 Å². The first-order valence-corrected chi connectivity index (χ1v) is 6.92. The van der Waals surface area contributed by atoms with Crippen molar-refractivity contribution in [2.24, 2.45) is 0 Å². The number of aromatic amines is 1. The average molecular weight is 295 g/mol. The molecule has 0 saturated carbocycles. The van der Waals surface area contributed by atoms with Crippen LogP contribution >= 0.6 is 0 Å². The molecule has 0 aliphatic heterocycles. The molecule has 4 rings (SSSR count). The summed E-state index contributed by atoms with van der Waals surface area (Å²) in [4.78, 5) is 21.3. The van der Waals surface area contributed by atoms with Gasteiger partial charge in [0.25, 0.3) is 11.3 Å². The summed E-state index contributed by atoms with van der Waals surface area (Å²) in [5, 5.41) is 11.2. The molecule has 0 bridgehead atoms. The van der Waals surface area contributed by atoms with E-state index in [0.717, 1.165) is 11.1 Å². The molecule has 0 aliphatic carbocycles. The Labute approximate surface area is 124 Å². The number of hydrogen-bond donors (Lipinski definition) is 1. The summed E-state index contributed by atoms with van der Waals surface area (Å²) in [5.41, 5.74) is 2.67. The maximum absolute atomic E-state index is 12.7. The Morgan fingerprint density at radius 3 is 2.95 bits per heavy atom. The highest BCUT2D eigenvalue weighted by Crippen LogP contribution is 2.28. The minimum absolute atomic E-state index is 0.0156. The van der Waals surface area contributed by atoms with Crippen LogP contribution in [0.2, 0.25) is 0 Å². The first kappa shape index (κ1) is 12.7. The van der Waals surface area contributed by atoms with Gasteiger partial charge >= 0.3 is 0 Å². The molecule has 0 aromatic carbocycles. The van der Waals surface area contributed by atoms with Crippen LogP contribution in [0.15, 0.2) is 35.6 Å². The molecule has 4 aromatic rings. The fourth-order valence-electron chi connectivity index (χ4n) is 2.61. The molecular weight excluding hydrogens is 282 g/mol. The predicted octanol–water partition coefficient (Wildman–Crippen LogP) is 1.25. The maximum Gasteiger partial charge on any atom is 0.278 e. The molecule has 0 radical (unpaired) electrons. The minimum atomic E-state index is -0.143. The van der Waals surface area contributed by atoms with Gasteiger partial charge in [0.15, 0.2) is 0 Å². The lowest BCUT2D eigenvalue weighted by Gasteiger charge is -2.10. The van der Waals surface area contributed by atoms with Crippen molar-refractivity contribution in [2.75, 3.05) is 0 Å². The van der Waals surface area contributed by atoms with Crippen molar-refractivity contribution < 1.29 is 0 Å². The van der Waals surface area contributed by atoms with Gasteiger partial charge in [-0.2, -0.15) is 19.3 Å². The number of rotatable bonds is 2. The zero-order valence-electron chi connectivity index (χ0n) is 12.1. The Bertz CT molecular complexity index is 1040. The second-order valence-electron chi connectivity index (χ2n) is 5.31. The van der Waals surface area contributed by atoms with Crippen LogP contribution in [0.5, 0.6) is 0 Å². The number of nitrogens with one attached hydrogen (secondary N) is 1. The largest absolute Gasteiger partial charge is 0.278 e. The highest BCUT2D eigenvalue weighted by Gasteiger charge is 2.21. The Hall–Kier alpha value is -3.03. The second-order valence-corrected chi connectivity index (χ2v) is 5.31. The molecule has 8 nitrogen and oxygen atoms in total. The van der Waals surface area contributed by atoms with Crippen molar-refractivity contribution in [1.82, 2.24) is 34.4 Å². The molecule has 0 amide bonds. The summed E-state index contributed by atoms with van der Waals surface area (Å²) >= 11 is 0. The van der Waals surface area contributed by atoms with Crippen LogP contribution in [0.3, 0.4) is 0 Å². The lowest BCUT2D eigenvalue weighted by Crippen LogP contribution is -2.22. The Morgan fingerprint density at radius 2 is 2.14 bits per heavy atom. The molecule has 0 aliphatic rings. The topological polar surface area (TPSA) is 93.2 Å². The van der Waals surface area contributed by atoms with Crippen LogP contribution < -0.4 is 5.56 Å². The quantitative estimate of drug-likeness (QED) is 0.600. The Balaban J connectivity index is 2.13. The van der Waals surface area contributed by atoms with Gasteiger partial charge < -0.3 is 0 Å². The van der Waals surface area contributed by atoms with E-state index in [1.54, 1.807) is 12.4 Å². The van der Waals surface area contributed by atoms with Gasteiger partial charge in [-0.3, -0.25) is 9.89 Å². The van der Waals surface area contributed by atoms with Crippen LogP contribution in [0.1, 0.15) is 25.3 Å². The van der Waals surface area contributed by atoms with E-state index < -0.39 is 0 Å². The van der Waals surface area contributed by atoms with E-state index in [1.165, 1.54) is 15.5 Å². The van der Waals surface area contributed by atoms with Crippen molar-refractivity contribution in [3.63, 3.8) is 0 Å². The first-order valence-electron chi connectivity index (χ1n) is 6.92. The third-order valence-corrected chi connectivity index (χ3v) is 3.60. The summed E-state index contributed by atoms with van der Waals surface area (Å²) < 4.78 is 2.87. The van der Waals surface area contributed by atoms with Gasteiger partial charge in [0.1, 0.15) is 6.33 Å². The minimum Gasteiger partial charge on any atom is -0.278 e. The Morgan fingerprint density at radius 1 is 1.27 bits per heavy atom. The monoisotopic (exact) mass is 295 g/mol. The number of aromatic nitrogens is 7. The van der Waals surface area contributed by atoms with E-state index in [1.807, 2.05) is 26.0 Å². The fourth-order valence-corrected chi connectivity index (χ4v) is 2.61. The van der Waals surface area contributed by atoms with E-state index in [0.29, 0.717) is 17.0 Å². The highest BCUT2D eigenvalue weighted by atomic mass is 16.1. The molecule has 110 valence electrons. The summed E-state index contributed by atoms with van der Waals surface area (Å²) in [6.45, 7) is 3.93. The average Bonchev–Trinajstić information content (AvgIpc) is 3.12. The SMILES string of the molecule is CC(C)c1c(-c2cnn3ncccc23)nc2nc[nH]n2c1=O. The molecule has 0 saturated heterocycles. The van der Waals surface area contributed by atoms with Crippen molar-refractivity contribution in [3.8, 4) is 11.3 Å². The van der Waals surface area contributed by atoms with Crippen molar-refractivity contribution in [3.05, 3.63) is 46.8 Å². The zero-order valence-corrected chi connectivity index (χ0v) is 12.1. The fraction of sp³-hybridized carbons (Fsp3) is 0.214. The number of nitrogens with zero attached hydrogens (tertiary/aromatic N) is 6. The third-order valence-electron chi connectivity index (χ3n) is 3.60. The molecule has 0 fully saturated rings. The van der Waals surface area contributed by atoms with E-state index in [4.69, 9.17) is 0 Å². The third kappa shape index (κ3) is 1.67.